The second kappa shape index (κ2) is 9.16. The highest BCUT2D eigenvalue weighted by molar-refractivity contribution is 5.85. The van der Waals surface area contributed by atoms with Crippen LogP contribution in [0.15, 0.2) is 0 Å². The van der Waals surface area contributed by atoms with E-state index in [1.165, 1.54) is 0 Å². The first-order chi connectivity index (χ1) is 7.93. The molecule has 0 rings (SSSR count). The van der Waals surface area contributed by atoms with E-state index in [0.29, 0.717) is 25.3 Å². The van der Waals surface area contributed by atoms with E-state index in [9.17, 15) is 9.59 Å². The van der Waals surface area contributed by atoms with Crippen LogP contribution in [-0.2, 0) is 9.59 Å². The van der Waals surface area contributed by atoms with Crippen molar-refractivity contribution in [2.45, 2.75) is 40.5 Å². The van der Waals surface area contributed by atoms with Crippen LogP contribution in [0.5, 0.6) is 0 Å². The maximum Gasteiger partial charge on any atom is 0.220 e. The zero-order chi connectivity index (χ0) is 13.3. The smallest absolute Gasteiger partial charge is 0.220 e. The van der Waals surface area contributed by atoms with Crippen LogP contribution in [0.3, 0.4) is 0 Å². The molecule has 0 fully saturated rings. The van der Waals surface area contributed by atoms with E-state index >= 15 is 0 Å². The van der Waals surface area contributed by atoms with Crippen molar-refractivity contribution in [1.82, 2.24) is 10.6 Å². The monoisotopic (exact) mass is 242 g/mol. The summed E-state index contributed by atoms with van der Waals surface area (Å²) < 4.78 is 0. The number of carbonyl (C=O) groups is 2. The summed E-state index contributed by atoms with van der Waals surface area (Å²) in [5.41, 5.74) is 0. The highest BCUT2D eigenvalue weighted by Crippen LogP contribution is 2.01. The summed E-state index contributed by atoms with van der Waals surface area (Å²) in [7, 11) is 0. The standard InChI is InChI=1S/C13H26N2O2/c1-10(2)9-14-7-8-15-13(17)6-5-12(16)11(3)4/h10-11,14H,5-9H2,1-4H3,(H,15,17). The van der Waals surface area contributed by atoms with E-state index in [1.807, 2.05) is 13.8 Å². The van der Waals surface area contributed by atoms with Crippen LogP contribution in [-0.4, -0.2) is 31.3 Å². The molecule has 0 heterocycles. The molecule has 0 bridgehead atoms. The number of carbonyl (C=O) groups excluding carboxylic acids is 2. The quantitative estimate of drug-likeness (QED) is 0.600. The Morgan fingerprint density at radius 2 is 1.65 bits per heavy atom. The van der Waals surface area contributed by atoms with Crippen molar-refractivity contribution in [2.75, 3.05) is 19.6 Å². The Balaban J connectivity index is 3.44. The van der Waals surface area contributed by atoms with Crippen molar-refractivity contribution >= 4 is 11.7 Å². The van der Waals surface area contributed by atoms with Crippen molar-refractivity contribution in [1.29, 1.82) is 0 Å². The van der Waals surface area contributed by atoms with Crippen molar-refractivity contribution < 1.29 is 9.59 Å². The maximum atomic E-state index is 11.4. The molecule has 0 aromatic rings. The first-order valence-corrected chi connectivity index (χ1v) is 6.43. The van der Waals surface area contributed by atoms with Crippen LogP contribution in [0.1, 0.15) is 40.5 Å². The normalized spacial score (nSPS) is 10.9. The minimum absolute atomic E-state index is 0.0236. The Morgan fingerprint density at radius 1 is 1.00 bits per heavy atom. The summed E-state index contributed by atoms with van der Waals surface area (Å²) in [6.07, 6.45) is 0.657. The molecule has 0 aliphatic carbocycles. The number of Topliss-reactive ketones (excluding diaryl/α,β-unsaturated/α-hetero) is 1. The number of rotatable bonds is 9. The lowest BCUT2D eigenvalue weighted by atomic mass is 10.0. The molecule has 0 aromatic carbocycles. The molecule has 0 atom stereocenters. The molecular weight excluding hydrogens is 216 g/mol. The van der Waals surface area contributed by atoms with Crippen molar-refractivity contribution in [3.63, 3.8) is 0 Å². The molecule has 0 aliphatic rings. The van der Waals surface area contributed by atoms with Gasteiger partial charge in [0.15, 0.2) is 0 Å². The van der Waals surface area contributed by atoms with Crippen LogP contribution >= 0.6 is 0 Å². The lowest BCUT2D eigenvalue weighted by molar-refractivity contribution is -0.126. The van der Waals surface area contributed by atoms with Gasteiger partial charge in [-0.15, -0.1) is 0 Å². The van der Waals surface area contributed by atoms with Crippen molar-refractivity contribution in [3.05, 3.63) is 0 Å². The third-order valence-electron chi connectivity index (χ3n) is 2.42. The van der Waals surface area contributed by atoms with E-state index in [1.54, 1.807) is 0 Å². The third-order valence-corrected chi connectivity index (χ3v) is 2.42. The molecule has 100 valence electrons. The first-order valence-electron chi connectivity index (χ1n) is 6.43. The molecule has 0 aromatic heterocycles. The second-order valence-corrected chi connectivity index (χ2v) is 5.07. The minimum Gasteiger partial charge on any atom is -0.355 e. The summed E-state index contributed by atoms with van der Waals surface area (Å²) in [5, 5.41) is 6.04. The van der Waals surface area contributed by atoms with Gasteiger partial charge in [0.1, 0.15) is 5.78 Å². The summed E-state index contributed by atoms with van der Waals surface area (Å²) in [4.78, 5) is 22.7. The van der Waals surface area contributed by atoms with E-state index in [-0.39, 0.29) is 17.6 Å². The zero-order valence-electron chi connectivity index (χ0n) is 11.5. The molecule has 0 saturated carbocycles. The minimum atomic E-state index is -0.0367. The molecule has 2 N–H and O–H groups in total. The highest BCUT2D eigenvalue weighted by Gasteiger charge is 2.09. The van der Waals surface area contributed by atoms with Gasteiger partial charge in [0, 0.05) is 31.8 Å². The molecule has 17 heavy (non-hydrogen) atoms. The summed E-state index contributed by atoms with van der Waals surface area (Å²) in [6.45, 7) is 10.4. The largest absolute Gasteiger partial charge is 0.355 e. The molecule has 0 aliphatic heterocycles. The predicted molar refractivity (Wildman–Crippen MR) is 69.8 cm³/mol. The Kier molecular flexibility index (Phi) is 8.68. The van der Waals surface area contributed by atoms with Crippen LogP contribution in [0, 0.1) is 11.8 Å². The average molecular weight is 242 g/mol. The van der Waals surface area contributed by atoms with Gasteiger partial charge in [-0.2, -0.15) is 0 Å². The predicted octanol–water partition coefficient (Wildman–Crippen LogP) is 1.35. The first kappa shape index (κ1) is 16.1. The lowest BCUT2D eigenvalue weighted by Gasteiger charge is -2.08. The third kappa shape index (κ3) is 10.00. The van der Waals surface area contributed by atoms with Crippen molar-refractivity contribution in [3.8, 4) is 0 Å². The van der Waals surface area contributed by atoms with Gasteiger partial charge in [-0.3, -0.25) is 9.59 Å². The van der Waals surface area contributed by atoms with Gasteiger partial charge in [-0.1, -0.05) is 27.7 Å². The fraction of sp³-hybridized carbons (Fsp3) is 0.846. The Morgan fingerprint density at radius 3 is 2.18 bits per heavy atom. The van der Waals surface area contributed by atoms with Crippen LogP contribution in [0.25, 0.3) is 0 Å². The zero-order valence-corrected chi connectivity index (χ0v) is 11.5. The molecule has 0 radical (unpaired) electrons. The summed E-state index contributed by atoms with van der Waals surface area (Å²) in [6, 6.07) is 0. The molecule has 4 heteroatoms. The number of ketones is 1. The average Bonchev–Trinajstić information content (AvgIpc) is 2.24. The molecule has 0 spiro atoms. The van der Waals surface area contributed by atoms with Crippen molar-refractivity contribution in [2.24, 2.45) is 11.8 Å². The van der Waals surface area contributed by atoms with E-state index < -0.39 is 0 Å². The number of amides is 1. The van der Waals surface area contributed by atoms with Crippen LogP contribution in [0.4, 0.5) is 0 Å². The van der Waals surface area contributed by atoms with Gasteiger partial charge in [0.05, 0.1) is 0 Å². The fourth-order valence-electron chi connectivity index (χ4n) is 1.29. The van der Waals surface area contributed by atoms with E-state index in [2.05, 4.69) is 24.5 Å². The summed E-state index contributed by atoms with van der Waals surface area (Å²) >= 11 is 0. The van der Waals surface area contributed by atoms with Gasteiger partial charge in [0.2, 0.25) is 5.91 Å². The van der Waals surface area contributed by atoms with Gasteiger partial charge in [-0.25, -0.2) is 0 Å². The number of hydrogen-bond acceptors (Lipinski definition) is 3. The molecule has 4 nitrogen and oxygen atoms in total. The maximum absolute atomic E-state index is 11.4. The second-order valence-electron chi connectivity index (χ2n) is 5.07. The number of nitrogens with one attached hydrogen (secondary N) is 2. The summed E-state index contributed by atoms with van der Waals surface area (Å²) in [5.74, 6) is 0.758. The fourth-order valence-corrected chi connectivity index (χ4v) is 1.29. The Hall–Kier alpha value is -0.900. The Bertz CT molecular complexity index is 238. The van der Waals surface area contributed by atoms with Gasteiger partial charge in [-0.05, 0) is 12.5 Å². The SMILES string of the molecule is CC(C)CNCCNC(=O)CCC(=O)C(C)C. The Labute approximate surface area is 105 Å². The van der Waals surface area contributed by atoms with Crippen LogP contribution in [0.2, 0.25) is 0 Å². The number of hydrogen-bond donors (Lipinski definition) is 2. The van der Waals surface area contributed by atoms with Crippen LogP contribution < -0.4 is 10.6 Å². The van der Waals surface area contributed by atoms with E-state index in [0.717, 1.165) is 13.1 Å². The topological polar surface area (TPSA) is 58.2 Å². The van der Waals surface area contributed by atoms with E-state index in [4.69, 9.17) is 0 Å². The van der Waals surface area contributed by atoms with Gasteiger partial charge < -0.3 is 10.6 Å². The molecule has 0 unspecified atom stereocenters. The highest BCUT2D eigenvalue weighted by atomic mass is 16.2. The molecule has 0 saturated heterocycles. The van der Waals surface area contributed by atoms with Gasteiger partial charge >= 0.3 is 0 Å². The lowest BCUT2D eigenvalue weighted by Crippen LogP contribution is -2.33. The molecule has 1 amide bonds. The van der Waals surface area contributed by atoms with Gasteiger partial charge in [0.25, 0.3) is 0 Å². The molecular formula is C13H26N2O2.